The molecule has 6 nitrogen and oxygen atoms in total. The molecule has 25 heavy (non-hydrogen) atoms. The highest BCUT2D eigenvalue weighted by molar-refractivity contribution is 7.91. The van der Waals surface area contributed by atoms with E-state index in [0.717, 1.165) is 5.69 Å². The number of carbonyl (C=O) groups excluding carboxylic acids is 1. The van der Waals surface area contributed by atoms with Gasteiger partial charge in [0.25, 0.3) is 5.91 Å². The summed E-state index contributed by atoms with van der Waals surface area (Å²) in [7, 11) is -2.96. The number of hydrogen-bond donors (Lipinski definition) is 1. The van der Waals surface area contributed by atoms with Crippen LogP contribution in [0.15, 0.2) is 48.7 Å². The molecule has 1 aliphatic rings. The van der Waals surface area contributed by atoms with E-state index in [2.05, 4.69) is 10.3 Å². The first-order valence-electron chi connectivity index (χ1n) is 8.28. The monoisotopic (exact) mass is 359 g/mol. The summed E-state index contributed by atoms with van der Waals surface area (Å²) in [6.45, 7) is 2.48. The minimum Gasteiger partial charge on any atom is -0.366 e. The third kappa shape index (κ3) is 4.17. The molecule has 0 saturated carbocycles. The molecule has 0 radical (unpaired) electrons. The number of amides is 1. The maximum Gasteiger partial charge on any atom is 0.258 e. The molecule has 1 aromatic heterocycles. The number of rotatable bonds is 5. The number of aromatic nitrogens is 1. The average molecular weight is 359 g/mol. The quantitative estimate of drug-likeness (QED) is 0.886. The first kappa shape index (κ1) is 17.4. The lowest BCUT2D eigenvalue weighted by Gasteiger charge is -2.21. The summed E-state index contributed by atoms with van der Waals surface area (Å²) in [5, 5.41) is 3.13. The summed E-state index contributed by atoms with van der Waals surface area (Å²) in [5.74, 6) is 0.717. The molecule has 132 valence electrons. The van der Waals surface area contributed by atoms with Crippen molar-refractivity contribution in [3.8, 4) is 0 Å². The zero-order valence-corrected chi connectivity index (χ0v) is 14.9. The lowest BCUT2D eigenvalue weighted by molar-refractivity contribution is 0.0988. The zero-order valence-electron chi connectivity index (χ0n) is 14.1. The number of pyridine rings is 1. The van der Waals surface area contributed by atoms with E-state index in [1.807, 2.05) is 37.3 Å². The van der Waals surface area contributed by atoms with Crippen LogP contribution in [0.1, 0.15) is 23.7 Å². The summed E-state index contributed by atoms with van der Waals surface area (Å²) < 4.78 is 23.1. The highest BCUT2D eigenvalue weighted by atomic mass is 32.2. The number of para-hydroxylation sites is 1. The number of sulfone groups is 1. The van der Waals surface area contributed by atoms with Gasteiger partial charge in [-0.3, -0.25) is 4.79 Å². The largest absolute Gasteiger partial charge is 0.366 e. The summed E-state index contributed by atoms with van der Waals surface area (Å²) in [6.07, 6.45) is 2.13. The van der Waals surface area contributed by atoms with Crippen molar-refractivity contribution < 1.29 is 13.2 Å². The van der Waals surface area contributed by atoms with Gasteiger partial charge in [-0.2, -0.15) is 0 Å². The summed E-state index contributed by atoms with van der Waals surface area (Å²) in [5.41, 5.74) is 1.35. The molecule has 1 saturated heterocycles. The first-order valence-corrected chi connectivity index (χ1v) is 10.1. The van der Waals surface area contributed by atoms with Crippen LogP contribution in [-0.4, -0.2) is 43.4 Å². The minimum atomic E-state index is -2.96. The van der Waals surface area contributed by atoms with Crippen LogP contribution in [-0.2, 0) is 9.84 Å². The van der Waals surface area contributed by atoms with E-state index in [-0.39, 0.29) is 23.5 Å². The average Bonchev–Trinajstić information content (AvgIpc) is 2.95. The number of carbonyl (C=O) groups is 1. The molecule has 3 rings (SSSR count). The summed E-state index contributed by atoms with van der Waals surface area (Å²) >= 11 is 0. The Morgan fingerprint density at radius 3 is 2.68 bits per heavy atom. The molecule has 0 aliphatic carbocycles. The number of anilines is 2. The van der Waals surface area contributed by atoms with Crippen molar-refractivity contribution in [2.75, 3.05) is 28.3 Å². The Kier molecular flexibility index (Phi) is 5.03. The third-order valence-electron chi connectivity index (χ3n) is 4.22. The minimum absolute atomic E-state index is 0.109. The second-order valence-corrected chi connectivity index (χ2v) is 8.29. The standard InChI is InChI=1S/C18H21N3O3S/c1-2-21(16-6-4-3-5-7-16)18(22)14-8-10-19-17(12-14)20-15-9-11-25(23,24)13-15/h3-8,10,12,15H,2,9,11,13H2,1H3,(H,19,20). The van der Waals surface area contributed by atoms with Gasteiger partial charge < -0.3 is 10.2 Å². The molecule has 0 spiro atoms. The van der Waals surface area contributed by atoms with Crippen LogP contribution in [0.4, 0.5) is 11.5 Å². The Morgan fingerprint density at radius 2 is 2.04 bits per heavy atom. The number of nitrogens with zero attached hydrogens (tertiary/aromatic N) is 2. The van der Waals surface area contributed by atoms with E-state index < -0.39 is 9.84 Å². The molecule has 1 unspecified atom stereocenters. The predicted molar refractivity (Wildman–Crippen MR) is 98.7 cm³/mol. The Labute approximate surface area is 147 Å². The van der Waals surface area contributed by atoms with Crippen molar-refractivity contribution in [2.45, 2.75) is 19.4 Å². The molecule has 1 atom stereocenters. The lowest BCUT2D eigenvalue weighted by Crippen LogP contribution is -2.30. The molecule has 1 aliphatic heterocycles. The van der Waals surface area contributed by atoms with Crippen molar-refractivity contribution in [3.05, 3.63) is 54.2 Å². The number of nitrogens with one attached hydrogen (secondary N) is 1. The maximum absolute atomic E-state index is 12.8. The SMILES string of the molecule is CCN(C(=O)c1ccnc(NC2CCS(=O)(=O)C2)c1)c1ccccc1. The first-order chi connectivity index (χ1) is 12.0. The van der Waals surface area contributed by atoms with Crippen LogP contribution in [0, 0.1) is 0 Å². The summed E-state index contributed by atoms with van der Waals surface area (Å²) in [6, 6.07) is 12.7. The molecular formula is C18H21N3O3S. The molecule has 2 aromatic rings. The molecule has 1 fully saturated rings. The van der Waals surface area contributed by atoms with E-state index in [0.29, 0.717) is 24.3 Å². The van der Waals surface area contributed by atoms with Gasteiger partial charge in [-0.05, 0) is 37.6 Å². The van der Waals surface area contributed by atoms with Crippen molar-refractivity contribution in [3.63, 3.8) is 0 Å². The Morgan fingerprint density at radius 1 is 1.28 bits per heavy atom. The van der Waals surface area contributed by atoms with E-state index in [9.17, 15) is 13.2 Å². The smallest absolute Gasteiger partial charge is 0.258 e. The van der Waals surface area contributed by atoms with Crippen molar-refractivity contribution in [2.24, 2.45) is 0 Å². The van der Waals surface area contributed by atoms with Gasteiger partial charge in [0.2, 0.25) is 0 Å². The topological polar surface area (TPSA) is 79.4 Å². The Hall–Kier alpha value is -2.41. The van der Waals surface area contributed by atoms with Gasteiger partial charge in [-0.15, -0.1) is 0 Å². The second-order valence-electron chi connectivity index (χ2n) is 6.06. The van der Waals surface area contributed by atoms with E-state index >= 15 is 0 Å². The van der Waals surface area contributed by atoms with Gasteiger partial charge in [-0.1, -0.05) is 18.2 Å². The molecule has 1 N–H and O–H groups in total. The fraction of sp³-hybridized carbons (Fsp3) is 0.333. The number of hydrogen-bond acceptors (Lipinski definition) is 5. The molecule has 1 aromatic carbocycles. The fourth-order valence-electron chi connectivity index (χ4n) is 2.97. The van der Waals surface area contributed by atoms with Crippen LogP contribution in [0.25, 0.3) is 0 Å². The Bertz CT molecular complexity index is 853. The highest BCUT2D eigenvalue weighted by Crippen LogP contribution is 2.20. The van der Waals surface area contributed by atoms with Gasteiger partial charge >= 0.3 is 0 Å². The van der Waals surface area contributed by atoms with Gasteiger partial charge in [0.1, 0.15) is 5.82 Å². The van der Waals surface area contributed by atoms with Gasteiger partial charge in [0.15, 0.2) is 9.84 Å². The van der Waals surface area contributed by atoms with Gasteiger partial charge in [0.05, 0.1) is 11.5 Å². The molecule has 7 heteroatoms. The highest BCUT2D eigenvalue weighted by Gasteiger charge is 2.28. The van der Waals surface area contributed by atoms with Gasteiger partial charge in [-0.25, -0.2) is 13.4 Å². The van der Waals surface area contributed by atoms with Crippen LogP contribution in [0.3, 0.4) is 0 Å². The molecule has 0 bridgehead atoms. The molecule has 2 heterocycles. The number of benzene rings is 1. The van der Waals surface area contributed by atoms with E-state index in [4.69, 9.17) is 0 Å². The zero-order chi connectivity index (χ0) is 17.9. The summed E-state index contributed by atoms with van der Waals surface area (Å²) in [4.78, 5) is 18.8. The normalized spacial score (nSPS) is 18.7. The van der Waals surface area contributed by atoms with Crippen LogP contribution in [0.5, 0.6) is 0 Å². The maximum atomic E-state index is 12.8. The van der Waals surface area contributed by atoms with Crippen molar-refractivity contribution in [1.29, 1.82) is 0 Å². The lowest BCUT2D eigenvalue weighted by atomic mass is 10.2. The van der Waals surface area contributed by atoms with Gasteiger partial charge in [0, 0.05) is 30.0 Å². The van der Waals surface area contributed by atoms with E-state index in [1.165, 1.54) is 0 Å². The third-order valence-corrected chi connectivity index (χ3v) is 5.99. The molecule has 1 amide bonds. The fourth-order valence-corrected chi connectivity index (χ4v) is 4.64. The molecular weight excluding hydrogens is 338 g/mol. The van der Waals surface area contributed by atoms with Crippen LogP contribution < -0.4 is 10.2 Å². The van der Waals surface area contributed by atoms with Crippen LogP contribution >= 0.6 is 0 Å². The predicted octanol–water partition coefficient (Wildman–Crippen LogP) is 2.35. The van der Waals surface area contributed by atoms with E-state index in [1.54, 1.807) is 23.2 Å². The van der Waals surface area contributed by atoms with Crippen LogP contribution in [0.2, 0.25) is 0 Å². The second kappa shape index (κ2) is 7.23. The van der Waals surface area contributed by atoms with Crippen molar-refractivity contribution in [1.82, 2.24) is 4.98 Å². The Balaban J connectivity index is 1.77. The van der Waals surface area contributed by atoms with Crippen molar-refractivity contribution >= 4 is 27.2 Å².